The van der Waals surface area contributed by atoms with Crippen molar-refractivity contribution >= 4 is 10.9 Å². The average Bonchev–Trinajstić information content (AvgIpc) is 2.79. The van der Waals surface area contributed by atoms with Crippen molar-refractivity contribution in [2.75, 3.05) is 0 Å². The van der Waals surface area contributed by atoms with Crippen molar-refractivity contribution in [2.24, 2.45) is 0 Å². The highest BCUT2D eigenvalue weighted by Gasteiger charge is 2.06. The summed E-state index contributed by atoms with van der Waals surface area (Å²) in [5.74, 6) is 0. The van der Waals surface area contributed by atoms with Crippen molar-refractivity contribution in [3.05, 3.63) is 35.5 Å². The van der Waals surface area contributed by atoms with E-state index in [1.807, 2.05) is 6.07 Å². The summed E-state index contributed by atoms with van der Waals surface area (Å²) in [5, 5.41) is 10.5. The minimum atomic E-state index is 0.123. The maximum Gasteiger partial charge on any atom is 0.0682 e. The van der Waals surface area contributed by atoms with Crippen LogP contribution < -0.4 is 0 Å². The molecule has 2 heteroatoms. The van der Waals surface area contributed by atoms with Crippen LogP contribution in [0.25, 0.3) is 10.9 Å². The zero-order chi connectivity index (χ0) is 14.4. The number of fused-ring (bicyclic) bond motifs is 1. The van der Waals surface area contributed by atoms with Gasteiger partial charge in [0.1, 0.15) is 0 Å². The highest BCUT2D eigenvalue weighted by Crippen LogP contribution is 2.23. The highest BCUT2D eigenvalue weighted by atomic mass is 16.3. The molecule has 110 valence electrons. The third-order valence-corrected chi connectivity index (χ3v) is 4.08. The topological polar surface area (TPSA) is 25.2 Å². The molecule has 0 unspecified atom stereocenters. The van der Waals surface area contributed by atoms with E-state index in [2.05, 4.69) is 36.7 Å². The largest absolute Gasteiger partial charge is 0.392 e. The Bertz CT molecular complexity index is 542. The lowest BCUT2D eigenvalue weighted by Gasteiger charge is -2.06. The molecule has 0 saturated carbocycles. The summed E-state index contributed by atoms with van der Waals surface area (Å²) in [6.45, 7) is 5.64. The van der Waals surface area contributed by atoms with Gasteiger partial charge in [0, 0.05) is 23.6 Å². The van der Waals surface area contributed by atoms with Crippen LogP contribution in [0.15, 0.2) is 24.4 Å². The Morgan fingerprint density at radius 3 is 2.55 bits per heavy atom. The van der Waals surface area contributed by atoms with Crippen molar-refractivity contribution in [1.82, 2.24) is 4.57 Å². The first kappa shape index (κ1) is 15.1. The van der Waals surface area contributed by atoms with Crippen LogP contribution >= 0.6 is 0 Å². The standard InChI is InChI=1S/C18H27NO/c1-3-4-5-6-7-8-11-19-13-15(2)17-12-16(14-20)9-10-18(17)19/h9-10,12-13,20H,3-8,11,14H2,1-2H3. The Balaban J connectivity index is 1.97. The molecule has 1 heterocycles. The molecular weight excluding hydrogens is 246 g/mol. The number of hydrogen-bond donors (Lipinski definition) is 1. The number of aromatic nitrogens is 1. The molecule has 0 aliphatic heterocycles. The van der Waals surface area contributed by atoms with Crippen molar-refractivity contribution in [2.45, 2.75) is 65.5 Å². The number of nitrogens with zero attached hydrogens (tertiary/aromatic N) is 1. The molecule has 0 aliphatic rings. The zero-order valence-electron chi connectivity index (χ0n) is 12.9. The number of rotatable bonds is 8. The number of benzene rings is 1. The minimum Gasteiger partial charge on any atom is -0.392 e. The van der Waals surface area contributed by atoms with E-state index in [4.69, 9.17) is 0 Å². The molecular formula is C18H27NO. The van der Waals surface area contributed by atoms with Crippen LogP contribution in [-0.2, 0) is 13.2 Å². The first-order chi connectivity index (χ1) is 9.76. The summed E-state index contributed by atoms with van der Waals surface area (Å²) in [7, 11) is 0. The van der Waals surface area contributed by atoms with Crippen LogP contribution in [0.4, 0.5) is 0 Å². The SMILES string of the molecule is CCCCCCCCn1cc(C)c2cc(CO)ccc21. The van der Waals surface area contributed by atoms with Crippen LogP contribution in [0.3, 0.4) is 0 Å². The molecule has 2 aromatic rings. The first-order valence-corrected chi connectivity index (χ1v) is 7.95. The van der Waals surface area contributed by atoms with Gasteiger partial charge in [0.05, 0.1) is 6.61 Å². The molecule has 0 fully saturated rings. The van der Waals surface area contributed by atoms with Crippen LogP contribution in [0.1, 0.15) is 56.6 Å². The molecule has 2 rings (SSSR count). The smallest absolute Gasteiger partial charge is 0.0682 e. The van der Waals surface area contributed by atoms with E-state index in [0.29, 0.717) is 0 Å². The minimum absolute atomic E-state index is 0.123. The van der Waals surface area contributed by atoms with Gasteiger partial charge in [0.15, 0.2) is 0 Å². The maximum absolute atomic E-state index is 9.23. The molecule has 0 radical (unpaired) electrons. The Morgan fingerprint density at radius 2 is 1.80 bits per heavy atom. The van der Waals surface area contributed by atoms with Crippen LogP contribution in [0.5, 0.6) is 0 Å². The van der Waals surface area contributed by atoms with Crippen molar-refractivity contribution < 1.29 is 5.11 Å². The fourth-order valence-corrected chi connectivity index (χ4v) is 2.87. The lowest BCUT2D eigenvalue weighted by atomic mass is 10.1. The summed E-state index contributed by atoms with van der Waals surface area (Å²) >= 11 is 0. The van der Waals surface area contributed by atoms with E-state index in [9.17, 15) is 5.11 Å². The number of hydrogen-bond acceptors (Lipinski definition) is 1. The van der Waals surface area contributed by atoms with E-state index >= 15 is 0 Å². The Kier molecular flexibility index (Phi) is 5.66. The molecule has 20 heavy (non-hydrogen) atoms. The van der Waals surface area contributed by atoms with E-state index in [1.165, 1.54) is 55.0 Å². The summed E-state index contributed by atoms with van der Waals surface area (Å²) in [6.07, 6.45) is 10.3. The van der Waals surface area contributed by atoms with Crippen LogP contribution in [0.2, 0.25) is 0 Å². The summed E-state index contributed by atoms with van der Waals surface area (Å²) in [6, 6.07) is 6.28. The number of unbranched alkanes of at least 4 members (excludes halogenated alkanes) is 5. The van der Waals surface area contributed by atoms with E-state index < -0.39 is 0 Å². The lowest BCUT2D eigenvalue weighted by molar-refractivity contribution is 0.282. The van der Waals surface area contributed by atoms with Gasteiger partial charge in [-0.25, -0.2) is 0 Å². The molecule has 0 saturated heterocycles. The van der Waals surface area contributed by atoms with E-state index in [0.717, 1.165) is 12.1 Å². The van der Waals surface area contributed by atoms with Crippen LogP contribution in [0, 0.1) is 6.92 Å². The van der Waals surface area contributed by atoms with Gasteiger partial charge in [-0.2, -0.15) is 0 Å². The van der Waals surface area contributed by atoms with Gasteiger partial charge in [0.2, 0.25) is 0 Å². The number of aliphatic hydroxyl groups is 1. The number of aryl methyl sites for hydroxylation is 2. The molecule has 0 aliphatic carbocycles. The van der Waals surface area contributed by atoms with Crippen molar-refractivity contribution in [3.8, 4) is 0 Å². The Labute approximate surface area is 122 Å². The van der Waals surface area contributed by atoms with Gasteiger partial charge < -0.3 is 9.67 Å². The predicted molar refractivity (Wildman–Crippen MR) is 86.0 cm³/mol. The normalized spacial score (nSPS) is 11.3. The summed E-state index contributed by atoms with van der Waals surface area (Å²) in [4.78, 5) is 0. The maximum atomic E-state index is 9.23. The molecule has 0 atom stereocenters. The number of aliphatic hydroxyl groups excluding tert-OH is 1. The second kappa shape index (κ2) is 7.49. The Morgan fingerprint density at radius 1 is 1.05 bits per heavy atom. The van der Waals surface area contributed by atoms with E-state index in [-0.39, 0.29) is 6.61 Å². The van der Waals surface area contributed by atoms with Gasteiger partial charge >= 0.3 is 0 Å². The van der Waals surface area contributed by atoms with Gasteiger partial charge in [-0.15, -0.1) is 0 Å². The highest BCUT2D eigenvalue weighted by molar-refractivity contribution is 5.84. The second-order valence-electron chi connectivity index (χ2n) is 5.78. The van der Waals surface area contributed by atoms with Crippen molar-refractivity contribution in [3.63, 3.8) is 0 Å². The first-order valence-electron chi connectivity index (χ1n) is 7.95. The predicted octanol–water partition coefficient (Wildman–Crippen LogP) is 4.80. The third kappa shape index (κ3) is 3.63. The second-order valence-corrected chi connectivity index (χ2v) is 5.78. The fourth-order valence-electron chi connectivity index (χ4n) is 2.87. The summed E-state index contributed by atoms with van der Waals surface area (Å²) in [5.41, 5.74) is 3.60. The van der Waals surface area contributed by atoms with E-state index in [1.54, 1.807) is 0 Å². The monoisotopic (exact) mass is 273 g/mol. The van der Waals surface area contributed by atoms with Gasteiger partial charge in [-0.1, -0.05) is 45.1 Å². The third-order valence-electron chi connectivity index (χ3n) is 4.08. The molecule has 1 N–H and O–H groups in total. The van der Waals surface area contributed by atoms with Gasteiger partial charge in [-0.3, -0.25) is 0 Å². The average molecular weight is 273 g/mol. The van der Waals surface area contributed by atoms with Crippen molar-refractivity contribution in [1.29, 1.82) is 0 Å². The van der Waals surface area contributed by atoms with Gasteiger partial charge in [0.25, 0.3) is 0 Å². The molecule has 0 bridgehead atoms. The fraction of sp³-hybridized carbons (Fsp3) is 0.556. The molecule has 2 nitrogen and oxygen atoms in total. The molecule has 1 aromatic carbocycles. The lowest BCUT2D eigenvalue weighted by Crippen LogP contribution is -1.96. The van der Waals surface area contributed by atoms with Crippen LogP contribution in [-0.4, -0.2) is 9.67 Å². The molecule has 0 spiro atoms. The van der Waals surface area contributed by atoms with Gasteiger partial charge in [-0.05, 0) is 36.6 Å². The zero-order valence-corrected chi connectivity index (χ0v) is 12.9. The quantitative estimate of drug-likeness (QED) is 0.686. The molecule has 1 aromatic heterocycles. The summed E-state index contributed by atoms with van der Waals surface area (Å²) < 4.78 is 2.37. The Hall–Kier alpha value is -1.28. The molecule has 0 amide bonds.